The summed E-state index contributed by atoms with van der Waals surface area (Å²) in [5, 5.41) is 6.92. The fraction of sp³-hybridized carbons (Fsp3) is 0.273. The standard InChI is InChI=1S/C22H22N4O3/c1-14-7-3-4-10-18(14)20-24-22(29-25-20)15(2)23-21(28)16-8-5-9-17(13-16)26-12-6-11-19(26)27/h3-5,7-10,13,15H,6,11-12H2,1-2H3,(H,23,28)/t15-/m1/s1. The average Bonchev–Trinajstić information content (AvgIpc) is 3.38. The van der Waals surface area contributed by atoms with Crippen molar-refractivity contribution < 1.29 is 14.1 Å². The van der Waals surface area contributed by atoms with Crippen molar-refractivity contribution in [2.24, 2.45) is 0 Å². The SMILES string of the molecule is Cc1ccccc1-c1noc([C@@H](C)NC(=O)c2cccc(N3CCCC3=O)c2)n1. The first-order valence-corrected chi connectivity index (χ1v) is 9.64. The highest BCUT2D eigenvalue weighted by Gasteiger charge is 2.23. The third-order valence-electron chi connectivity index (χ3n) is 5.04. The fourth-order valence-electron chi connectivity index (χ4n) is 3.42. The molecule has 1 aliphatic rings. The molecule has 0 saturated carbocycles. The molecular formula is C22H22N4O3. The van der Waals surface area contributed by atoms with Gasteiger partial charge in [0, 0.05) is 29.8 Å². The van der Waals surface area contributed by atoms with Crippen molar-refractivity contribution in [3.63, 3.8) is 0 Å². The molecule has 1 saturated heterocycles. The second kappa shape index (κ2) is 7.87. The van der Waals surface area contributed by atoms with Crippen LogP contribution in [0.15, 0.2) is 53.1 Å². The Labute approximate surface area is 168 Å². The number of aryl methyl sites for hydroxylation is 1. The Kier molecular flexibility index (Phi) is 5.12. The van der Waals surface area contributed by atoms with Gasteiger partial charge in [-0.1, -0.05) is 35.5 Å². The molecule has 2 aromatic carbocycles. The number of aromatic nitrogens is 2. The van der Waals surface area contributed by atoms with Gasteiger partial charge in [-0.25, -0.2) is 0 Å². The summed E-state index contributed by atoms with van der Waals surface area (Å²) < 4.78 is 5.36. The molecule has 1 aromatic heterocycles. The maximum atomic E-state index is 12.7. The average molecular weight is 390 g/mol. The van der Waals surface area contributed by atoms with Crippen molar-refractivity contribution in [2.75, 3.05) is 11.4 Å². The number of carbonyl (C=O) groups is 2. The number of rotatable bonds is 5. The topological polar surface area (TPSA) is 88.3 Å². The van der Waals surface area contributed by atoms with E-state index in [1.807, 2.05) is 37.3 Å². The quantitative estimate of drug-likeness (QED) is 0.718. The van der Waals surface area contributed by atoms with Crippen LogP contribution in [0.1, 0.15) is 47.6 Å². The van der Waals surface area contributed by atoms with Crippen molar-refractivity contribution in [3.05, 3.63) is 65.5 Å². The first-order chi connectivity index (χ1) is 14.0. The van der Waals surface area contributed by atoms with Crippen LogP contribution in [0.4, 0.5) is 5.69 Å². The molecule has 0 unspecified atom stereocenters. The van der Waals surface area contributed by atoms with Gasteiger partial charge < -0.3 is 14.7 Å². The lowest BCUT2D eigenvalue weighted by Crippen LogP contribution is -2.28. The van der Waals surface area contributed by atoms with Gasteiger partial charge in [0.05, 0.1) is 0 Å². The molecule has 0 bridgehead atoms. The van der Waals surface area contributed by atoms with Crippen LogP contribution in [-0.2, 0) is 4.79 Å². The Morgan fingerprint density at radius 1 is 1.21 bits per heavy atom. The number of hydrogen-bond donors (Lipinski definition) is 1. The highest BCUT2D eigenvalue weighted by molar-refractivity contribution is 5.99. The highest BCUT2D eigenvalue weighted by atomic mass is 16.5. The Bertz CT molecular complexity index is 1060. The zero-order chi connectivity index (χ0) is 20.4. The maximum absolute atomic E-state index is 12.7. The van der Waals surface area contributed by atoms with E-state index in [1.54, 1.807) is 30.0 Å². The first-order valence-electron chi connectivity index (χ1n) is 9.64. The van der Waals surface area contributed by atoms with Gasteiger partial charge in [-0.3, -0.25) is 9.59 Å². The number of nitrogens with one attached hydrogen (secondary N) is 1. The van der Waals surface area contributed by atoms with E-state index in [2.05, 4.69) is 15.5 Å². The number of hydrogen-bond acceptors (Lipinski definition) is 5. The van der Waals surface area contributed by atoms with Gasteiger partial charge >= 0.3 is 0 Å². The van der Waals surface area contributed by atoms with E-state index in [9.17, 15) is 9.59 Å². The van der Waals surface area contributed by atoms with Gasteiger partial charge in [0.15, 0.2) is 0 Å². The molecular weight excluding hydrogens is 368 g/mol. The summed E-state index contributed by atoms with van der Waals surface area (Å²) in [5.74, 6) is 0.656. The van der Waals surface area contributed by atoms with Crippen molar-refractivity contribution in [3.8, 4) is 11.4 Å². The van der Waals surface area contributed by atoms with Crippen molar-refractivity contribution in [1.82, 2.24) is 15.5 Å². The van der Waals surface area contributed by atoms with E-state index in [1.165, 1.54) is 0 Å². The van der Waals surface area contributed by atoms with Crippen LogP contribution < -0.4 is 10.2 Å². The summed E-state index contributed by atoms with van der Waals surface area (Å²) >= 11 is 0. The predicted molar refractivity (Wildman–Crippen MR) is 108 cm³/mol. The molecule has 29 heavy (non-hydrogen) atoms. The summed E-state index contributed by atoms with van der Waals surface area (Å²) in [5.41, 5.74) is 3.16. The Morgan fingerprint density at radius 2 is 2.03 bits per heavy atom. The van der Waals surface area contributed by atoms with Crippen LogP contribution in [-0.4, -0.2) is 28.5 Å². The molecule has 3 aromatic rings. The fourth-order valence-corrected chi connectivity index (χ4v) is 3.42. The van der Waals surface area contributed by atoms with E-state index in [0.29, 0.717) is 30.2 Å². The van der Waals surface area contributed by atoms with Gasteiger partial charge in [0.25, 0.3) is 5.91 Å². The van der Waals surface area contributed by atoms with Gasteiger partial charge in [0.1, 0.15) is 6.04 Å². The molecule has 7 heteroatoms. The zero-order valence-electron chi connectivity index (χ0n) is 16.4. The second-order valence-electron chi connectivity index (χ2n) is 7.17. The third kappa shape index (κ3) is 3.89. The maximum Gasteiger partial charge on any atom is 0.251 e. The minimum Gasteiger partial charge on any atom is -0.341 e. The lowest BCUT2D eigenvalue weighted by molar-refractivity contribution is -0.117. The highest BCUT2D eigenvalue weighted by Crippen LogP contribution is 2.24. The lowest BCUT2D eigenvalue weighted by Gasteiger charge is -2.17. The third-order valence-corrected chi connectivity index (χ3v) is 5.04. The Morgan fingerprint density at radius 3 is 2.79 bits per heavy atom. The van der Waals surface area contributed by atoms with Gasteiger partial charge in [-0.05, 0) is 44.0 Å². The smallest absolute Gasteiger partial charge is 0.251 e. The van der Waals surface area contributed by atoms with E-state index in [4.69, 9.17) is 4.52 Å². The molecule has 0 radical (unpaired) electrons. The normalized spacial score (nSPS) is 14.8. The van der Waals surface area contributed by atoms with Crippen LogP contribution >= 0.6 is 0 Å². The van der Waals surface area contributed by atoms with Gasteiger partial charge in [0.2, 0.25) is 17.6 Å². The minimum atomic E-state index is -0.454. The summed E-state index contributed by atoms with van der Waals surface area (Å²) in [6.07, 6.45) is 1.39. The molecule has 0 aliphatic carbocycles. The first kappa shape index (κ1) is 18.9. The summed E-state index contributed by atoms with van der Waals surface area (Å²) in [6.45, 7) is 4.46. The van der Waals surface area contributed by atoms with E-state index < -0.39 is 6.04 Å². The predicted octanol–water partition coefficient (Wildman–Crippen LogP) is 3.66. The van der Waals surface area contributed by atoms with Gasteiger partial charge in [-0.15, -0.1) is 0 Å². The molecule has 1 N–H and O–H groups in total. The number of nitrogens with zero attached hydrogens (tertiary/aromatic N) is 3. The lowest BCUT2D eigenvalue weighted by atomic mass is 10.1. The molecule has 148 valence electrons. The largest absolute Gasteiger partial charge is 0.341 e. The Balaban J connectivity index is 1.48. The molecule has 1 fully saturated rings. The van der Waals surface area contributed by atoms with Crippen LogP contribution in [0.2, 0.25) is 0 Å². The van der Waals surface area contributed by atoms with Crippen LogP contribution in [0.3, 0.4) is 0 Å². The van der Waals surface area contributed by atoms with Crippen LogP contribution in [0.5, 0.6) is 0 Å². The van der Waals surface area contributed by atoms with E-state index >= 15 is 0 Å². The minimum absolute atomic E-state index is 0.0884. The van der Waals surface area contributed by atoms with E-state index in [0.717, 1.165) is 23.2 Å². The molecule has 2 heterocycles. The number of carbonyl (C=O) groups excluding carboxylic acids is 2. The van der Waals surface area contributed by atoms with Crippen molar-refractivity contribution in [2.45, 2.75) is 32.7 Å². The number of anilines is 1. The zero-order valence-corrected chi connectivity index (χ0v) is 16.4. The molecule has 7 nitrogen and oxygen atoms in total. The monoisotopic (exact) mass is 390 g/mol. The molecule has 0 spiro atoms. The Hall–Kier alpha value is -3.48. The van der Waals surface area contributed by atoms with Crippen molar-refractivity contribution in [1.29, 1.82) is 0 Å². The number of benzene rings is 2. The number of amides is 2. The van der Waals surface area contributed by atoms with Crippen LogP contribution in [0, 0.1) is 6.92 Å². The molecule has 1 atom stereocenters. The summed E-state index contributed by atoms with van der Waals surface area (Å²) in [6, 6.07) is 14.4. The van der Waals surface area contributed by atoms with Crippen molar-refractivity contribution >= 4 is 17.5 Å². The molecule has 4 rings (SSSR count). The van der Waals surface area contributed by atoms with Crippen LogP contribution in [0.25, 0.3) is 11.4 Å². The second-order valence-corrected chi connectivity index (χ2v) is 7.17. The molecule has 2 amide bonds. The summed E-state index contributed by atoms with van der Waals surface area (Å²) in [4.78, 5) is 30.8. The van der Waals surface area contributed by atoms with E-state index in [-0.39, 0.29) is 11.8 Å². The molecule has 1 aliphatic heterocycles. The van der Waals surface area contributed by atoms with Gasteiger partial charge in [-0.2, -0.15) is 4.98 Å². The summed E-state index contributed by atoms with van der Waals surface area (Å²) in [7, 11) is 0.